The molecule has 0 bridgehead atoms. The van der Waals surface area contributed by atoms with E-state index in [-0.39, 0.29) is 29.3 Å². The van der Waals surface area contributed by atoms with E-state index in [1.165, 1.54) is 23.1 Å². The molecule has 0 spiro atoms. The van der Waals surface area contributed by atoms with Gasteiger partial charge in [0.1, 0.15) is 11.6 Å². The number of anilines is 2. The molecule has 2 aromatic carbocycles. The topological polar surface area (TPSA) is 86.1 Å². The van der Waals surface area contributed by atoms with Crippen LogP contribution in [0.2, 0.25) is 10.0 Å². The molecule has 0 radical (unpaired) electrons. The van der Waals surface area contributed by atoms with Crippen molar-refractivity contribution in [2.75, 3.05) is 30.0 Å². The number of pyridine rings is 1. The summed E-state index contributed by atoms with van der Waals surface area (Å²) in [7, 11) is 1.60. The number of hydrogen-bond acceptors (Lipinski definition) is 6. The van der Waals surface area contributed by atoms with Crippen molar-refractivity contribution < 1.29 is 28.5 Å². The second kappa shape index (κ2) is 11.6. The van der Waals surface area contributed by atoms with Crippen molar-refractivity contribution in [1.29, 1.82) is 0 Å². The molecule has 3 aromatic rings. The number of halogens is 4. The first kappa shape index (κ1) is 29.0. The summed E-state index contributed by atoms with van der Waals surface area (Å²) in [5.41, 5.74) is 0.922. The second-order valence-electron chi connectivity index (χ2n) is 9.96. The molecule has 2 N–H and O–H groups in total. The Morgan fingerprint density at radius 2 is 1.92 bits per heavy atom. The molecule has 0 aliphatic carbocycles. The van der Waals surface area contributed by atoms with Gasteiger partial charge in [0.15, 0.2) is 0 Å². The van der Waals surface area contributed by atoms with Crippen LogP contribution in [-0.4, -0.2) is 60.1 Å². The van der Waals surface area contributed by atoms with Crippen molar-refractivity contribution in [2.45, 2.75) is 44.4 Å². The molecular formula is C28H29Cl2F2N3O4. The zero-order chi connectivity index (χ0) is 28.5. The number of aliphatic hydroxyl groups is 2. The van der Waals surface area contributed by atoms with Crippen molar-refractivity contribution in [2.24, 2.45) is 0 Å². The summed E-state index contributed by atoms with van der Waals surface area (Å²) in [5, 5.41) is 20.6. The van der Waals surface area contributed by atoms with Gasteiger partial charge in [0, 0.05) is 34.8 Å². The minimum absolute atomic E-state index is 0.147. The molecule has 1 aliphatic rings. The van der Waals surface area contributed by atoms with Gasteiger partial charge < -0.3 is 24.7 Å². The number of aromatic nitrogens is 1. The van der Waals surface area contributed by atoms with Gasteiger partial charge in [0.2, 0.25) is 5.91 Å². The third kappa shape index (κ3) is 6.11. The zero-order valence-electron chi connectivity index (χ0n) is 21.6. The van der Waals surface area contributed by atoms with E-state index in [2.05, 4.69) is 9.72 Å². The number of benzene rings is 2. The monoisotopic (exact) mass is 579 g/mol. The maximum atomic E-state index is 13.9. The number of carbonyl (C=O) groups is 1. The SMILES string of the molecule is CN(C(=O)C(C)(C)c1cc(Cl)cc(OC(F)F)c1)c1cnc(N2C[C@H](O)C[C@H]2CO)cc1-c1ccccc1Cl. The van der Waals surface area contributed by atoms with Crippen LogP contribution in [0, 0.1) is 0 Å². The molecule has 1 aromatic heterocycles. The number of hydrogen-bond donors (Lipinski definition) is 2. The molecule has 7 nitrogen and oxygen atoms in total. The van der Waals surface area contributed by atoms with Gasteiger partial charge in [-0.15, -0.1) is 0 Å². The Bertz CT molecular complexity index is 1360. The number of amides is 1. The molecule has 2 heterocycles. The molecule has 4 rings (SSSR count). The number of rotatable bonds is 8. The molecule has 0 unspecified atom stereocenters. The van der Waals surface area contributed by atoms with Crippen LogP contribution in [0.3, 0.4) is 0 Å². The van der Waals surface area contributed by atoms with Crippen molar-refractivity contribution in [1.82, 2.24) is 4.98 Å². The van der Waals surface area contributed by atoms with Crippen LogP contribution in [0.4, 0.5) is 20.3 Å². The molecule has 1 amide bonds. The minimum Gasteiger partial charge on any atom is -0.435 e. The van der Waals surface area contributed by atoms with E-state index >= 15 is 0 Å². The number of nitrogens with zero attached hydrogens (tertiary/aromatic N) is 3. The lowest BCUT2D eigenvalue weighted by molar-refractivity contribution is -0.122. The molecule has 1 aliphatic heterocycles. The fourth-order valence-corrected chi connectivity index (χ4v) is 5.31. The molecule has 0 saturated carbocycles. The Labute approximate surface area is 235 Å². The lowest BCUT2D eigenvalue weighted by Crippen LogP contribution is -2.42. The molecule has 208 valence electrons. The average molecular weight is 580 g/mol. The van der Waals surface area contributed by atoms with Crippen LogP contribution in [-0.2, 0) is 10.2 Å². The number of alkyl halides is 2. The summed E-state index contributed by atoms with van der Waals surface area (Å²) in [6.07, 6.45) is 1.35. The van der Waals surface area contributed by atoms with E-state index in [0.717, 1.165) is 0 Å². The van der Waals surface area contributed by atoms with Crippen molar-refractivity contribution >= 4 is 40.6 Å². The van der Waals surface area contributed by atoms with Crippen LogP contribution in [0.1, 0.15) is 25.8 Å². The number of β-amino-alcohol motifs (C(OH)–C–C–N with tert-alkyl or cyclic N) is 1. The molecule has 2 atom stereocenters. The van der Waals surface area contributed by atoms with Gasteiger partial charge in [-0.05, 0) is 56.2 Å². The predicted octanol–water partition coefficient (Wildman–Crippen LogP) is 5.53. The number of likely N-dealkylation sites (N-methyl/N-ethyl adjacent to an activating group) is 1. The highest BCUT2D eigenvalue weighted by Gasteiger charge is 2.36. The normalized spacial score (nSPS) is 17.5. The summed E-state index contributed by atoms with van der Waals surface area (Å²) in [4.78, 5) is 21.8. The molecular weight excluding hydrogens is 551 g/mol. The Morgan fingerprint density at radius 3 is 2.59 bits per heavy atom. The Hall–Kier alpha value is -2.98. The minimum atomic E-state index is -3.04. The quantitative estimate of drug-likeness (QED) is 0.365. The van der Waals surface area contributed by atoms with Gasteiger partial charge in [-0.2, -0.15) is 8.78 Å². The summed E-state index contributed by atoms with van der Waals surface area (Å²) in [5.74, 6) is 0.0125. The predicted molar refractivity (Wildman–Crippen MR) is 148 cm³/mol. The van der Waals surface area contributed by atoms with Gasteiger partial charge in [-0.25, -0.2) is 4.98 Å². The average Bonchev–Trinajstić information content (AvgIpc) is 3.27. The van der Waals surface area contributed by atoms with Crippen LogP contribution >= 0.6 is 23.2 Å². The van der Waals surface area contributed by atoms with Crippen LogP contribution in [0.15, 0.2) is 54.7 Å². The number of ether oxygens (including phenoxy) is 1. The van der Waals surface area contributed by atoms with Gasteiger partial charge in [-0.1, -0.05) is 41.4 Å². The lowest BCUT2D eigenvalue weighted by Gasteiger charge is -2.32. The maximum Gasteiger partial charge on any atom is 0.387 e. The van der Waals surface area contributed by atoms with Crippen LogP contribution in [0.25, 0.3) is 11.1 Å². The highest BCUT2D eigenvalue weighted by Crippen LogP contribution is 2.40. The largest absolute Gasteiger partial charge is 0.435 e. The Kier molecular flexibility index (Phi) is 8.66. The lowest BCUT2D eigenvalue weighted by atomic mass is 9.83. The summed E-state index contributed by atoms with van der Waals surface area (Å²) in [6, 6.07) is 12.8. The fraction of sp³-hybridized carbons (Fsp3) is 0.357. The Balaban J connectivity index is 1.77. The molecule has 1 saturated heterocycles. The smallest absolute Gasteiger partial charge is 0.387 e. The fourth-order valence-electron chi connectivity index (χ4n) is 4.85. The zero-order valence-corrected chi connectivity index (χ0v) is 23.1. The van der Waals surface area contributed by atoms with Crippen LogP contribution < -0.4 is 14.5 Å². The third-order valence-electron chi connectivity index (χ3n) is 6.95. The van der Waals surface area contributed by atoms with Gasteiger partial charge in [0.05, 0.1) is 36.1 Å². The van der Waals surface area contributed by atoms with E-state index in [9.17, 15) is 23.8 Å². The van der Waals surface area contributed by atoms with E-state index in [0.29, 0.717) is 46.2 Å². The first-order chi connectivity index (χ1) is 18.4. The van der Waals surface area contributed by atoms with Gasteiger partial charge >= 0.3 is 6.61 Å². The highest BCUT2D eigenvalue weighted by atomic mass is 35.5. The number of aliphatic hydroxyl groups excluding tert-OH is 2. The molecule has 11 heteroatoms. The van der Waals surface area contributed by atoms with E-state index < -0.39 is 18.1 Å². The third-order valence-corrected chi connectivity index (χ3v) is 7.50. The van der Waals surface area contributed by atoms with E-state index in [1.54, 1.807) is 45.3 Å². The van der Waals surface area contributed by atoms with Crippen molar-refractivity contribution in [3.05, 3.63) is 70.3 Å². The Morgan fingerprint density at radius 1 is 1.21 bits per heavy atom. The van der Waals surface area contributed by atoms with Crippen molar-refractivity contribution in [3.8, 4) is 16.9 Å². The standard InChI is InChI=1S/C28H29Cl2F2N3O4/c1-28(2,16-8-17(29)10-20(9-16)39-27(31)32)26(38)34(3)24-13-33-25(35-14-19(37)11-18(35)15-36)12-22(24)21-6-4-5-7-23(21)30/h4-10,12-13,18-19,27,36-37H,11,14-15H2,1-3H3/t18-,19+/m0/s1. The number of carbonyl (C=O) groups excluding carboxylic acids is 1. The van der Waals surface area contributed by atoms with E-state index in [4.69, 9.17) is 23.2 Å². The molecule has 1 fully saturated rings. The van der Waals surface area contributed by atoms with Gasteiger partial charge in [-0.3, -0.25) is 4.79 Å². The van der Waals surface area contributed by atoms with Crippen molar-refractivity contribution in [3.63, 3.8) is 0 Å². The maximum absolute atomic E-state index is 13.9. The first-order valence-corrected chi connectivity index (χ1v) is 13.0. The van der Waals surface area contributed by atoms with Gasteiger partial charge in [0.25, 0.3) is 0 Å². The summed E-state index contributed by atoms with van der Waals surface area (Å²) < 4.78 is 30.2. The highest BCUT2D eigenvalue weighted by molar-refractivity contribution is 6.33. The summed E-state index contributed by atoms with van der Waals surface area (Å²) >= 11 is 12.7. The first-order valence-electron chi connectivity index (χ1n) is 12.3. The second-order valence-corrected chi connectivity index (χ2v) is 10.8. The molecule has 39 heavy (non-hydrogen) atoms. The summed E-state index contributed by atoms with van der Waals surface area (Å²) in [6.45, 7) is 0.448. The van der Waals surface area contributed by atoms with Crippen LogP contribution in [0.5, 0.6) is 5.75 Å². The van der Waals surface area contributed by atoms with E-state index in [1.807, 2.05) is 17.0 Å².